The third-order valence-corrected chi connectivity index (χ3v) is 2.50. The normalized spacial score (nSPS) is 15.2. The largest absolute Gasteiger partial charge is 0.398 e. The van der Waals surface area contributed by atoms with Crippen LogP contribution in [0.15, 0.2) is 18.5 Å². The average Bonchev–Trinajstić information content (AvgIpc) is 3.00. The Morgan fingerprint density at radius 3 is 2.93 bits per heavy atom. The van der Waals surface area contributed by atoms with Crippen LogP contribution in [-0.2, 0) is 0 Å². The van der Waals surface area contributed by atoms with Crippen LogP contribution in [0.3, 0.4) is 0 Å². The fourth-order valence-electron chi connectivity index (χ4n) is 1.40. The summed E-state index contributed by atoms with van der Waals surface area (Å²) in [4.78, 5) is 17.5. The standard InChI is InChI=1S/C10H13N3O/c1-13(7-2-3-7)10(14)8-6-12-5-4-9(8)11/h4-7H,2-3H2,1H3,(H2,11,12). The highest BCUT2D eigenvalue weighted by Crippen LogP contribution is 2.27. The van der Waals surface area contributed by atoms with E-state index in [1.807, 2.05) is 7.05 Å². The number of hydrogen-bond acceptors (Lipinski definition) is 3. The lowest BCUT2D eigenvalue weighted by atomic mass is 10.2. The van der Waals surface area contributed by atoms with Crippen LogP contribution >= 0.6 is 0 Å². The van der Waals surface area contributed by atoms with Gasteiger partial charge >= 0.3 is 0 Å². The van der Waals surface area contributed by atoms with Crippen molar-refractivity contribution in [2.45, 2.75) is 18.9 Å². The van der Waals surface area contributed by atoms with Crippen molar-refractivity contribution in [2.75, 3.05) is 12.8 Å². The molecule has 0 bridgehead atoms. The summed E-state index contributed by atoms with van der Waals surface area (Å²) in [5.74, 6) is -0.0295. The summed E-state index contributed by atoms with van der Waals surface area (Å²) in [5, 5.41) is 0. The first-order valence-electron chi connectivity index (χ1n) is 4.67. The summed E-state index contributed by atoms with van der Waals surface area (Å²) < 4.78 is 0. The number of pyridine rings is 1. The Balaban J connectivity index is 2.21. The van der Waals surface area contributed by atoms with E-state index in [0.717, 1.165) is 12.8 Å². The molecule has 1 aliphatic rings. The number of aromatic nitrogens is 1. The van der Waals surface area contributed by atoms with E-state index in [0.29, 0.717) is 17.3 Å². The van der Waals surface area contributed by atoms with E-state index in [9.17, 15) is 4.79 Å². The van der Waals surface area contributed by atoms with Gasteiger partial charge in [0.05, 0.1) is 5.56 Å². The molecule has 1 fully saturated rings. The Hall–Kier alpha value is -1.58. The van der Waals surface area contributed by atoms with Crippen LogP contribution in [0.1, 0.15) is 23.2 Å². The van der Waals surface area contributed by atoms with Gasteiger partial charge in [-0.2, -0.15) is 0 Å². The van der Waals surface area contributed by atoms with Gasteiger partial charge in [-0.25, -0.2) is 0 Å². The third kappa shape index (κ3) is 1.55. The molecule has 2 N–H and O–H groups in total. The molecule has 0 unspecified atom stereocenters. The molecule has 4 heteroatoms. The smallest absolute Gasteiger partial charge is 0.257 e. The Kier molecular flexibility index (Phi) is 2.11. The molecule has 4 nitrogen and oxygen atoms in total. The zero-order chi connectivity index (χ0) is 10.1. The monoisotopic (exact) mass is 191 g/mol. The molecule has 1 amide bonds. The Labute approximate surface area is 82.7 Å². The van der Waals surface area contributed by atoms with Crippen molar-refractivity contribution in [1.82, 2.24) is 9.88 Å². The molecule has 1 aliphatic carbocycles. The van der Waals surface area contributed by atoms with Crippen LogP contribution in [0, 0.1) is 0 Å². The zero-order valence-corrected chi connectivity index (χ0v) is 8.10. The third-order valence-electron chi connectivity index (χ3n) is 2.50. The van der Waals surface area contributed by atoms with Gasteiger partial charge in [0, 0.05) is 31.2 Å². The van der Waals surface area contributed by atoms with E-state index in [2.05, 4.69) is 4.98 Å². The van der Waals surface area contributed by atoms with E-state index >= 15 is 0 Å². The van der Waals surface area contributed by atoms with Gasteiger partial charge in [-0.3, -0.25) is 9.78 Å². The van der Waals surface area contributed by atoms with Gasteiger partial charge in [-0.15, -0.1) is 0 Å². The maximum absolute atomic E-state index is 11.9. The zero-order valence-electron chi connectivity index (χ0n) is 8.10. The molecule has 1 heterocycles. The second kappa shape index (κ2) is 3.29. The number of hydrogen-bond donors (Lipinski definition) is 1. The van der Waals surface area contributed by atoms with Crippen LogP contribution in [0.2, 0.25) is 0 Å². The molecule has 0 spiro atoms. The minimum absolute atomic E-state index is 0.0295. The van der Waals surface area contributed by atoms with Gasteiger partial charge in [0.25, 0.3) is 5.91 Å². The molecular formula is C10H13N3O. The lowest BCUT2D eigenvalue weighted by Gasteiger charge is -2.16. The second-order valence-corrected chi connectivity index (χ2v) is 3.61. The van der Waals surface area contributed by atoms with E-state index < -0.39 is 0 Å². The summed E-state index contributed by atoms with van der Waals surface area (Å²) in [6, 6.07) is 2.05. The highest BCUT2D eigenvalue weighted by atomic mass is 16.2. The summed E-state index contributed by atoms with van der Waals surface area (Å²) in [7, 11) is 1.81. The van der Waals surface area contributed by atoms with E-state index in [1.54, 1.807) is 17.2 Å². The van der Waals surface area contributed by atoms with Crippen molar-refractivity contribution < 1.29 is 4.79 Å². The molecule has 0 aliphatic heterocycles. The summed E-state index contributed by atoms with van der Waals surface area (Å²) in [6.45, 7) is 0. The van der Waals surface area contributed by atoms with Crippen molar-refractivity contribution in [3.05, 3.63) is 24.0 Å². The van der Waals surface area contributed by atoms with Gasteiger partial charge in [-0.05, 0) is 18.9 Å². The van der Waals surface area contributed by atoms with Crippen LogP contribution in [0.25, 0.3) is 0 Å². The summed E-state index contributed by atoms with van der Waals surface area (Å²) in [5.41, 5.74) is 6.69. The van der Waals surface area contributed by atoms with Gasteiger partial charge in [0.2, 0.25) is 0 Å². The van der Waals surface area contributed by atoms with E-state index in [1.165, 1.54) is 6.20 Å². The maximum atomic E-state index is 11.9. The Bertz CT molecular complexity index is 360. The topological polar surface area (TPSA) is 59.2 Å². The minimum Gasteiger partial charge on any atom is -0.398 e. The SMILES string of the molecule is CN(C(=O)c1cnccc1N)C1CC1. The van der Waals surface area contributed by atoms with Gasteiger partial charge in [0.15, 0.2) is 0 Å². The predicted octanol–water partition coefficient (Wildman–Crippen LogP) is 0.898. The minimum atomic E-state index is -0.0295. The molecule has 74 valence electrons. The van der Waals surface area contributed by atoms with Crippen LogP contribution in [0.4, 0.5) is 5.69 Å². The van der Waals surface area contributed by atoms with E-state index in [4.69, 9.17) is 5.73 Å². The number of amides is 1. The maximum Gasteiger partial charge on any atom is 0.257 e. The average molecular weight is 191 g/mol. The Morgan fingerprint density at radius 2 is 2.36 bits per heavy atom. The van der Waals surface area contributed by atoms with Crippen LogP contribution in [0.5, 0.6) is 0 Å². The molecule has 1 aromatic heterocycles. The van der Waals surface area contributed by atoms with Crippen molar-refractivity contribution >= 4 is 11.6 Å². The van der Waals surface area contributed by atoms with Gasteiger partial charge in [-0.1, -0.05) is 0 Å². The van der Waals surface area contributed by atoms with Crippen LogP contribution < -0.4 is 5.73 Å². The number of nitrogen functional groups attached to an aromatic ring is 1. The van der Waals surface area contributed by atoms with Gasteiger partial charge < -0.3 is 10.6 Å². The quantitative estimate of drug-likeness (QED) is 0.755. The van der Waals surface area contributed by atoms with Crippen molar-refractivity contribution in [2.24, 2.45) is 0 Å². The molecule has 0 aromatic carbocycles. The molecule has 1 saturated carbocycles. The highest BCUT2D eigenvalue weighted by molar-refractivity contribution is 5.98. The number of carbonyl (C=O) groups excluding carboxylic acids is 1. The lowest BCUT2D eigenvalue weighted by molar-refractivity contribution is 0.0786. The summed E-state index contributed by atoms with van der Waals surface area (Å²) >= 11 is 0. The number of anilines is 1. The Morgan fingerprint density at radius 1 is 1.64 bits per heavy atom. The predicted molar refractivity (Wildman–Crippen MR) is 53.8 cm³/mol. The number of nitrogens with zero attached hydrogens (tertiary/aromatic N) is 2. The first-order valence-corrected chi connectivity index (χ1v) is 4.67. The van der Waals surface area contributed by atoms with Gasteiger partial charge in [0.1, 0.15) is 0 Å². The molecule has 1 aromatic rings. The molecule has 2 rings (SSSR count). The number of nitrogens with two attached hydrogens (primary N) is 1. The molecule has 0 saturated heterocycles. The van der Waals surface area contributed by atoms with Crippen molar-refractivity contribution in [3.8, 4) is 0 Å². The fourth-order valence-corrected chi connectivity index (χ4v) is 1.40. The molecule has 0 radical (unpaired) electrons. The highest BCUT2D eigenvalue weighted by Gasteiger charge is 2.30. The summed E-state index contributed by atoms with van der Waals surface area (Å²) in [6.07, 6.45) is 5.31. The van der Waals surface area contributed by atoms with E-state index in [-0.39, 0.29) is 5.91 Å². The van der Waals surface area contributed by atoms with Crippen LogP contribution in [-0.4, -0.2) is 28.9 Å². The van der Waals surface area contributed by atoms with Crippen molar-refractivity contribution in [1.29, 1.82) is 0 Å². The molecule has 0 atom stereocenters. The number of carbonyl (C=O) groups is 1. The lowest BCUT2D eigenvalue weighted by Crippen LogP contribution is -2.29. The fraction of sp³-hybridized carbons (Fsp3) is 0.400. The second-order valence-electron chi connectivity index (χ2n) is 3.61. The van der Waals surface area contributed by atoms with Crippen molar-refractivity contribution in [3.63, 3.8) is 0 Å². The molecule has 14 heavy (non-hydrogen) atoms. The number of rotatable bonds is 2. The first-order chi connectivity index (χ1) is 6.70. The first kappa shape index (κ1) is 8.99. The molecular weight excluding hydrogens is 178 g/mol.